The first kappa shape index (κ1) is 22.6. The molecule has 0 radical (unpaired) electrons. The molecule has 0 amide bonds. The van der Waals surface area contributed by atoms with Crippen LogP contribution in [-0.2, 0) is 13.1 Å². The van der Waals surface area contributed by atoms with Crippen LogP contribution in [0.3, 0.4) is 0 Å². The number of guanidine groups is 1. The second-order valence-electron chi connectivity index (χ2n) is 7.66. The SMILES string of the molecule is CN=C(NCc1cc(OC)c(OC)cc1OC)NCc1ccc(C)cc1OCC1CC1. The normalized spacial score (nSPS) is 13.5. The first-order valence-electron chi connectivity index (χ1n) is 10.5. The predicted molar refractivity (Wildman–Crippen MR) is 123 cm³/mol. The lowest BCUT2D eigenvalue weighted by molar-refractivity contribution is 0.296. The molecule has 2 aromatic rings. The summed E-state index contributed by atoms with van der Waals surface area (Å²) >= 11 is 0. The van der Waals surface area contributed by atoms with Gasteiger partial charge < -0.3 is 29.6 Å². The maximum Gasteiger partial charge on any atom is 0.191 e. The Balaban J connectivity index is 1.63. The second kappa shape index (κ2) is 10.8. The van der Waals surface area contributed by atoms with Crippen LogP contribution < -0.4 is 29.6 Å². The van der Waals surface area contributed by atoms with Crippen molar-refractivity contribution in [2.45, 2.75) is 32.9 Å². The van der Waals surface area contributed by atoms with Crippen molar-refractivity contribution in [3.63, 3.8) is 0 Å². The average Bonchev–Trinajstić information content (AvgIpc) is 3.62. The van der Waals surface area contributed by atoms with Crippen molar-refractivity contribution >= 4 is 5.96 Å². The lowest BCUT2D eigenvalue weighted by Gasteiger charge is -2.17. The molecule has 31 heavy (non-hydrogen) atoms. The average molecular weight is 428 g/mol. The number of ether oxygens (including phenoxy) is 4. The van der Waals surface area contributed by atoms with Crippen LogP contribution in [0.25, 0.3) is 0 Å². The summed E-state index contributed by atoms with van der Waals surface area (Å²) in [6, 6.07) is 10.0. The highest BCUT2D eigenvalue weighted by molar-refractivity contribution is 5.79. The first-order valence-corrected chi connectivity index (χ1v) is 10.5. The molecule has 7 nitrogen and oxygen atoms in total. The van der Waals surface area contributed by atoms with Crippen LogP contribution in [0.5, 0.6) is 23.0 Å². The topological polar surface area (TPSA) is 73.3 Å². The molecule has 1 fully saturated rings. The van der Waals surface area contributed by atoms with Gasteiger partial charge in [0.2, 0.25) is 0 Å². The van der Waals surface area contributed by atoms with E-state index in [9.17, 15) is 0 Å². The van der Waals surface area contributed by atoms with Crippen LogP contribution in [0.2, 0.25) is 0 Å². The van der Waals surface area contributed by atoms with E-state index in [1.54, 1.807) is 28.4 Å². The summed E-state index contributed by atoms with van der Waals surface area (Å²) in [5.74, 6) is 4.34. The van der Waals surface area contributed by atoms with E-state index in [0.717, 1.165) is 29.2 Å². The molecule has 0 atom stereocenters. The molecule has 0 saturated heterocycles. The molecule has 0 aromatic heterocycles. The van der Waals surface area contributed by atoms with Crippen molar-refractivity contribution in [3.05, 3.63) is 47.0 Å². The smallest absolute Gasteiger partial charge is 0.191 e. The molecular formula is C24H33N3O4. The predicted octanol–water partition coefficient (Wildman–Crippen LogP) is 3.67. The zero-order valence-electron chi connectivity index (χ0n) is 19.1. The van der Waals surface area contributed by atoms with Gasteiger partial charge in [0.1, 0.15) is 11.5 Å². The molecular weight excluding hydrogens is 394 g/mol. The summed E-state index contributed by atoms with van der Waals surface area (Å²) in [6.45, 7) is 4.01. The fraction of sp³-hybridized carbons (Fsp3) is 0.458. The molecule has 2 N–H and O–H groups in total. The summed E-state index contributed by atoms with van der Waals surface area (Å²) in [7, 11) is 6.61. The Kier molecular flexibility index (Phi) is 7.87. The van der Waals surface area contributed by atoms with Crippen molar-refractivity contribution < 1.29 is 18.9 Å². The number of aliphatic imine (C=N–C) groups is 1. The van der Waals surface area contributed by atoms with Crippen LogP contribution in [0, 0.1) is 12.8 Å². The maximum absolute atomic E-state index is 6.07. The molecule has 2 aromatic carbocycles. The Morgan fingerprint density at radius 3 is 2.13 bits per heavy atom. The van der Waals surface area contributed by atoms with Gasteiger partial charge in [0.15, 0.2) is 17.5 Å². The zero-order valence-corrected chi connectivity index (χ0v) is 19.1. The lowest BCUT2D eigenvalue weighted by Crippen LogP contribution is -2.36. The summed E-state index contributed by atoms with van der Waals surface area (Å²) in [5.41, 5.74) is 3.24. The summed E-state index contributed by atoms with van der Waals surface area (Å²) in [6.07, 6.45) is 2.55. The van der Waals surface area contributed by atoms with Crippen LogP contribution in [-0.4, -0.2) is 40.9 Å². The number of methoxy groups -OCH3 is 3. The molecule has 0 spiro atoms. The molecule has 0 aliphatic heterocycles. The van der Waals surface area contributed by atoms with Gasteiger partial charge in [0, 0.05) is 37.3 Å². The Bertz CT molecular complexity index is 910. The van der Waals surface area contributed by atoms with Crippen LogP contribution in [0.15, 0.2) is 35.3 Å². The van der Waals surface area contributed by atoms with Crippen LogP contribution >= 0.6 is 0 Å². The van der Waals surface area contributed by atoms with Gasteiger partial charge in [0.05, 0.1) is 27.9 Å². The van der Waals surface area contributed by atoms with E-state index in [2.05, 4.69) is 40.7 Å². The van der Waals surface area contributed by atoms with Gasteiger partial charge in [-0.25, -0.2) is 0 Å². The molecule has 1 saturated carbocycles. The fourth-order valence-electron chi connectivity index (χ4n) is 3.24. The Hall–Kier alpha value is -3.09. The Morgan fingerprint density at radius 1 is 0.871 bits per heavy atom. The van der Waals surface area contributed by atoms with Crippen LogP contribution in [0.4, 0.5) is 0 Å². The highest BCUT2D eigenvalue weighted by Gasteiger charge is 2.22. The van der Waals surface area contributed by atoms with Crippen molar-refractivity contribution in [1.29, 1.82) is 0 Å². The van der Waals surface area contributed by atoms with Crippen molar-refractivity contribution in [1.82, 2.24) is 10.6 Å². The minimum atomic E-state index is 0.516. The van der Waals surface area contributed by atoms with E-state index in [1.807, 2.05) is 12.1 Å². The van der Waals surface area contributed by atoms with Crippen LogP contribution in [0.1, 0.15) is 29.5 Å². The van der Waals surface area contributed by atoms with Crippen molar-refractivity contribution in [3.8, 4) is 23.0 Å². The van der Waals surface area contributed by atoms with E-state index < -0.39 is 0 Å². The zero-order chi connectivity index (χ0) is 22.2. The Labute approximate surface area is 184 Å². The summed E-state index contributed by atoms with van der Waals surface area (Å²) in [4.78, 5) is 4.34. The van der Waals surface area contributed by atoms with Gasteiger partial charge in [-0.15, -0.1) is 0 Å². The van der Waals surface area contributed by atoms with Gasteiger partial charge in [-0.05, 0) is 43.4 Å². The third-order valence-corrected chi connectivity index (χ3v) is 5.30. The van der Waals surface area contributed by atoms with Gasteiger partial charge in [-0.2, -0.15) is 0 Å². The maximum atomic E-state index is 6.07. The molecule has 0 heterocycles. The Morgan fingerprint density at radius 2 is 1.52 bits per heavy atom. The van der Waals surface area contributed by atoms with Gasteiger partial charge in [0.25, 0.3) is 0 Å². The second-order valence-corrected chi connectivity index (χ2v) is 7.66. The van der Waals surface area contributed by atoms with Gasteiger partial charge in [-0.1, -0.05) is 12.1 Å². The van der Waals surface area contributed by atoms with E-state index in [4.69, 9.17) is 18.9 Å². The van der Waals surface area contributed by atoms with E-state index in [-0.39, 0.29) is 0 Å². The number of hydrogen-bond acceptors (Lipinski definition) is 5. The van der Waals surface area contributed by atoms with E-state index in [1.165, 1.54) is 18.4 Å². The molecule has 1 aliphatic carbocycles. The third-order valence-electron chi connectivity index (χ3n) is 5.30. The molecule has 168 valence electrons. The summed E-state index contributed by atoms with van der Waals surface area (Å²) < 4.78 is 22.3. The minimum absolute atomic E-state index is 0.516. The third kappa shape index (κ3) is 6.20. The number of nitrogens with zero attached hydrogens (tertiary/aromatic N) is 1. The fourth-order valence-corrected chi connectivity index (χ4v) is 3.24. The largest absolute Gasteiger partial charge is 0.496 e. The van der Waals surface area contributed by atoms with Crippen molar-refractivity contribution in [2.75, 3.05) is 35.0 Å². The number of nitrogens with one attached hydrogen (secondary N) is 2. The molecule has 0 unspecified atom stereocenters. The van der Waals surface area contributed by atoms with Gasteiger partial charge >= 0.3 is 0 Å². The molecule has 7 heteroatoms. The quantitative estimate of drug-likeness (QED) is 0.445. The minimum Gasteiger partial charge on any atom is -0.496 e. The van der Waals surface area contributed by atoms with E-state index >= 15 is 0 Å². The van der Waals surface area contributed by atoms with Crippen molar-refractivity contribution in [2.24, 2.45) is 10.9 Å². The number of rotatable bonds is 10. The monoisotopic (exact) mass is 427 g/mol. The van der Waals surface area contributed by atoms with Gasteiger partial charge in [-0.3, -0.25) is 4.99 Å². The number of hydrogen-bond donors (Lipinski definition) is 2. The standard InChI is InChI=1S/C24H33N3O4/c1-16-6-9-18(21(10-16)31-15-17-7-8-17)13-26-24(25-2)27-14-19-11-22(29-4)23(30-5)12-20(19)28-3/h6,9-12,17H,7-8,13-15H2,1-5H3,(H2,25,26,27). The molecule has 1 aliphatic rings. The molecule has 0 bridgehead atoms. The lowest BCUT2D eigenvalue weighted by atomic mass is 10.1. The highest BCUT2D eigenvalue weighted by atomic mass is 16.5. The highest BCUT2D eigenvalue weighted by Crippen LogP contribution is 2.34. The number of benzene rings is 2. The molecule has 3 rings (SSSR count). The summed E-state index contributed by atoms with van der Waals surface area (Å²) in [5, 5.41) is 6.70. The first-order chi connectivity index (χ1) is 15.1. The van der Waals surface area contributed by atoms with E-state index in [0.29, 0.717) is 36.5 Å². The number of aryl methyl sites for hydroxylation is 1.